The van der Waals surface area contributed by atoms with Crippen molar-refractivity contribution in [2.75, 3.05) is 20.2 Å². The molecular weight excluding hydrogens is 426 g/mol. The minimum absolute atomic E-state index is 0.424. The van der Waals surface area contributed by atoms with Crippen LogP contribution in [0.15, 0.2) is 67.3 Å². The number of hydrogen-bond donors (Lipinski definition) is 1. The molecule has 0 amide bonds. The third-order valence-electron chi connectivity index (χ3n) is 5.59. The first-order chi connectivity index (χ1) is 16.4. The number of methoxy groups -OCH3 is 1. The second-order valence-electron chi connectivity index (χ2n) is 8.98. The van der Waals surface area contributed by atoms with E-state index < -0.39 is 6.10 Å². The molecule has 0 saturated carbocycles. The van der Waals surface area contributed by atoms with Crippen molar-refractivity contribution in [1.29, 1.82) is 0 Å². The molecule has 0 aliphatic carbocycles. The number of hydrogen-bond acceptors (Lipinski definition) is 5. The van der Waals surface area contributed by atoms with Crippen LogP contribution in [0.25, 0.3) is 11.3 Å². The fourth-order valence-electron chi connectivity index (χ4n) is 4.10. The Morgan fingerprint density at radius 3 is 2.38 bits per heavy atom. The molecule has 34 heavy (non-hydrogen) atoms. The zero-order valence-electron chi connectivity index (χ0n) is 20.8. The van der Waals surface area contributed by atoms with Crippen LogP contribution in [0.4, 0.5) is 0 Å². The Morgan fingerprint density at radius 2 is 1.74 bits per heavy atom. The first-order valence-electron chi connectivity index (χ1n) is 11.9. The van der Waals surface area contributed by atoms with Crippen molar-refractivity contribution < 1.29 is 14.6 Å². The molecule has 0 saturated heterocycles. The SMILES string of the molecule is C=CCC[C@@H](O)CN(Cc1c(-c2ccccc2)nn(C)c1Oc1ccccc1OC)CC(C)C. The number of aryl methyl sites for hydroxylation is 1. The van der Waals surface area contributed by atoms with E-state index in [0.29, 0.717) is 42.8 Å². The fourth-order valence-corrected chi connectivity index (χ4v) is 4.10. The maximum absolute atomic E-state index is 10.6. The van der Waals surface area contributed by atoms with Crippen LogP contribution in [0, 0.1) is 5.92 Å². The van der Waals surface area contributed by atoms with Gasteiger partial charge in [0.15, 0.2) is 11.5 Å². The van der Waals surface area contributed by atoms with Crippen LogP contribution in [-0.2, 0) is 13.6 Å². The molecule has 1 aromatic heterocycles. The first kappa shape index (κ1) is 25.5. The Balaban J connectivity index is 2.01. The Morgan fingerprint density at radius 1 is 1.06 bits per heavy atom. The summed E-state index contributed by atoms with van der Waals surface area (Å²) in [4.78, 5) is 2.29. The Labute approximate surface area is 203 Å². The van der Waals surface area contributed by atoms with E-state index in [2.05, 4.69) is 37.5 Å². The molecule has 0 unspecified atom stereocenters. The molecule has 0 fully saturated rings. The molecule has 2 aromatic carbocycles. The van der Waals surface area contributed by atoms with E-state index in [-0.39, 0.29) is 0 Å². The van der Waals surface area contributed by atoms with Gasteiger partial charge in [0.1, 0.15) is 5.69 Å². The van der Waals surface area contributed by atoms with E-state index in [9.17, 15) is 5.11 Å². The maximum Gasteiger partial charge on any atom is 0.222 e. The molecule has 6 heteroatoms. The first-order valence-corrected chi connectivity index (χ1v) is 11.9. The van der Waals surface area contributed by atoms with Crippen molar-refractivity contribution in [3.8, 4) is 28.6 Å². The molecule has 6 nitrogen and oxygen atoms in total. The lowest BCUT2D eigenvalue weighted by Crippen LogP contribution is -2.35. The molecule has 1 heterocycles. The van der Waals surface area contributed by atoms with Crippen molar-refractivity contribution >= 4 is 0 Å². The van der Waals surface area contributed by atoms with E-state index in [1.807, 2.05) is 55.6 Å². The summed E-state index contributed by atoms with van der Waals surface area (Å²) in [5.74, 6) is 2.41. The highest BCUT2D eigenvalue weighted by atomic mass is 16.5. The van der Waals surface area contributed by atoms with Gasteiger partial charge in [-0.25, -0.2) is 4.68 Å². The number of aromatic nitrogens is 2. The third-order valence-corrected chi connectivity index (χ3v) is 5.59. The summed E-state index contributed by atoms with van der Waals surface area (Å²) in [6, 6.07) is 17.8. The predicted octanol–water partition coefficient (Wildman–Crippen LogP) is 5.67. The normalized spacial score (nSPS) is 12.2. The fraction of sp³-hybridized carbons (Fsp3) is 0.393. The van der Waals surface area contributed by atoms with Gasteiger partial charge in [0, 0.05) is 32.2 Å². The van der Waals surface area contributed by atoms with Gasteiger partial charge in [-0.15, -0.1) is 6.58 Å². The lowest BCUT2D eigenvalue weighted by molar-refractivity contribution is 0.0953. The number of para-hydroxylation sites is 2. The van der Waals surface area contributed by atoms with Gasteiger partial charge in [-0.3, -0.25) is 4.90 Å². The number of benzene rings is 2. The largest absolute Gasteiger partial charge is 0.493 e. The van der Waals surface area contributed by atoms with E-state index in [1.54, 1.807) is 11.8 Å². The Hall–Kier alpha value is -3.09. The lowest BCUT2D eigenvalue weighted by Gasteiger charge is -2.27. The monoisotopic (exact) mass is 463 g/mol. The highest BCUT2D eigenvalue weighted by molar-refractivity contribution is 5.66. The van der Waals surface area contributed by atoms with Crippen molar-refractivity contribution in [3.63, 3.8) is 0 Å². The molecule has 1 N–H and O–H groups in total. The summed E-state index contributed by atoms with van der Waals surface area (Å²) < 4.78 is 13.7. The highest BCUT2D eigenvalue weighted by Crippen LogP contribution is 2.37. The zero-order chi connectivity index (χ0) is 24.5. The number of allylic oxidation sites excluding steroid dienone is 1. The standard InChI is InChI=1S/C28H37N3O3/c1-6-7-15-23(32)19-31(18-21(2)3)20-24-27(22-13-9-8-10-14-22)29-30(4)28(24)34-26-17-12-11-16-25(26)33-5/h6,8-14,16-17,21,23,32H,1,7,15,18-20H2,2-5H3/t23-/m1/s1. The predicted molar refractivity (Wildman–Crippen MR) is 137 cm³/mol. The number of aliphatic hydroxyl groups excluding tert-OH is 1. The van der Waals surface area contributed by atoms with Crippen LogP contribution in [0.5, 0.6) is 17.4 Å². The molecule has 182 valence electrons. The summed E-state index contributed by atoms with van der Waals surface area (Å²) >= 11 is 0. The highest BCUT2D eigenvalue weighted by Gasteiger charge is 2.24. The molecule has 1 atom stereocenters. The summed E-state index contributed by atoms with van der Waals surface area (Å²) in [6.07, 6.45) is 2.92. The van der Waals surface area contributed by atoms with Gasteiger partial charge in [0.05, 0.1) is 18.8 Å². The summed E-state index contributed by atoms with van der Waals surface area (Å²) in [5, 5.41) is 15.5. The van der Waals surface area contributed by atoms with Gasteiger partial charge in [0.25, 0.3) is 0 Å². The summed E-state index contributed by atoms with van der Waals surface area (Å²) in [5.41, 5.74) is 2.89. The molecule has 0 radical (unpaired) electrons. The smallest absolute Gasteiger partial charge is 0.222 e. The van der Waals surface area contributed by atoms with Gasteiger partial charge < -0.3 is 14.6 Å². The molecule has 0 aliphatic heterocycles. The van der Waals surface area contributed by atoms with Crippen LogP contribution in [-0.4, -0.2) is 46.1 Å². The topological polar surface area (TPSA) is 59.8 Å². The van der Waals surface area contributed by atoms with Crippen molar-refractivity contribution in [3.05, 3.63) is 72.8 Å². The van der Waals surface area contributed by atoms with Crippen molar-refractivity contribution in [1.82, 2.24) is 14.7 Å². The van der Waals surface area contributed by atoms with Gasteiger partial charge in [0.2, 0.25) is 5.88 Å². The summed E-state index contributed by atoms with van der Waals surface area (Å²) in [7, 11) is 3.53. The van der Waals surface area contributed by atoms with Gasteiger partial charge in [-0.2, -0.15) is 5.10 Å². The number of nitrogens with zero attached hydrogens (tertiary/aromatic N) is 3. The third kappa shape index (κ3) is 6.72. The molecule has 0 bridgehead atoms. The van der Waals surface area contributed by atoms with Gasteiger partial charge in [-0.05, 0) is 30.9 Å². The van der Waals surface area contributed by atoms with Crippen LogP contribution >= 0.6 is 0 Å². The van der Waals surface area contributed by atoms with E-state index in [1.165, 1.54) is 0 Å². The second kappa shape index (κ2) is 12.4. The number of rotatable bonds is 13. The van der Waals surface area contributed by atoms with Crippen LogP contribution < -0.4 is 9.47 Å². The van der Waals surface area contributed by atoms with Crippen molar-refractivity contribution in [2.24, 2.45) is 13.0 Å². The molecular formula is C28H37N3O3. The Bertz CT molecular complexity index is 1050. The van der Waals surface area contributed by atoms with E-state index in [4.69, 9.17) is 14.6 Å². The molecule has 3 aromatic rings. The van der Waals surface area contributed by atoms with Crippen LogP contribution in [0.2, 0.25) is 0 Å². The van der Waals surface area contributed by atoms with Crippen LogP contribution in [0.3, 0.4) is 0 Å². The number of aliphatic hydroxyl groups is 1. The summed E-state index contributed by atoms with van der Waals surface area (Å²) in [6.45, 7) is 10.2. The maximum atomic E-state index is 10.6. The van der Waals surface area contributed by atoms with Crippen molar-refractivity contribution in [2.45, 2.75) is 39.3 Å². The zero-order valence-corrected chi connectivity index (χ0v) is 20.8. The molecule has 0 spiro atoms. The second-order valence-corrected chi connectivity index (χ2v) is 8.98. The molecule has 3 rings (SSSR count). The van der Waals surface area contributed by atoms with Gasteiger partial charge in [-0.1, -0.05) is 62.4 Å². The lowest BCUT2D eigenvalue weighted by atomic mass is 10.1. The average Bonchev–Trinajstić information content (AvgIpc) is 3.13. The van der Waals surface area contributed by atoms with Crippen LogP contribution in [0.1, 0.15) is 32.3 Å². The van der Waals surface area contributed by atoms with E-state index in [0.717, 1.165) is 29.8 Å². The van der Waals surface area contributed by atoms with Gasteiger partial charge >= 0.3 is 0 Å². The van der Waals surface area contributed by atoms with E-state index >= 15 is 0 Å². The quantitative estimate of drug-likeness (QED) is 0.331. The minimum Gasteiger partial charge on any atom is -0.493 e. The Kier molecular flexibility index (Phi) is 9.31. The number of ether oxygens (including phenoxy) is 2. The molecule has 0 aliphatic rings. The average molecular weight is 464 g/mol. The minimum atomic E-state index is -0.424.